The largest absolute Gasteiger partial charge is 0.494 e. The Morgan fingerprint density at radius 1 is 0.850 bits per heavy atom. The van der Waals surface area contributed by atoms with E-state index in [9.17, 15) is 4.79 Å². The molecule has 1 heterocycles. The molecule has 0 fully saturated rings. The van der Waals surface area contributed by atoms with Crippen LogP contribution in [0.2, 0.25) is 0 Å². The number of carbonyl (C=O) groups is 1. The zero-order chi connectivity index (χ0) is 27.6. The average Bonchev–Trinajstić information content (AvgIpc) is 3.00. The van der Waals surface area contributed by atoms with Crippen molar-refractivity contribution in [2.75, 3.05) is 26.1 Å². The molecule has 1 aliphatic carbocycles. The number of hydrogen-bond donors (Lipinski definition) is 1. The fourth-order valence-electron chi connectivity index (χ4n) is 6.14. The Morgan fingerprint density at radius 3 is 2.40 bits per heavy atom. The van der Waals surface area contributed by atoms with Crippen LogP contribution in [0.5, 0.6) is 17.2 Å². The minimum absolute atomic E-state index is 0.104. The highest BCUT2D eigenvalue weighted by molar-refractivity contribution is 6.13. The number of benzene rings is 4. The topological polar surface area (TPSA) is 56.8 Å². The number of rotatable bonds is 8. The van der Waals surface area contributed by atoms with Crippen molar-refractivity contribution in [3.05, 3.63) is 101 Å². The third-order valence-electron chi connectivity index (χ3n) is 8.19. The van der Waals surface area contributed by atoms with E-state index in [4.69, 9.17) is 14.2 Å². The number of anilines is 1. The number of ketones is 1. The molecule has 5 heteroatoms. The Balaban J connectivity index is 1.44. The van der Waals surface area contributed by atoms with Crippen LogP contribution in [0.25, 0.3) is 16.3 Å². The molecule has 4 aromatic carbocycles. The van der Waals surface area contributed by atoms with E-state index in [1.165, 1.54) is 16.3 Å². The van der Waals surface area contributed by atoms with E-state index in [-0.39, 0.29) is 17.7 Å². The lowest BCUT2D eigenvalue weighted by Crippen LogP contribution is -2.29. The summed E-state index contributed by atoms with van der Waals surface area (Å²) < 4.78 is 17.0. The standard InChI is InChI=1S/C35H35NO4/c1-4-5-18-40-26-14-10-22(11-15-26)25-19-28-33-27-9-7-6-8-23(27)12-16-29(33)36-35(34(28)30(37)20-25)24-13-17-31(38-2)32(21-24)39-3/h6-17,21,25,35-36H,4-5,18-20H2,1-3H3/t25-,35-/m0/s1. The molecule has 1 N–H and O–H groups in total. The quantitative estimate of drug-likeness (QED) is 0.232. The number of allylic oxidation sites excluding steroid dienone is 1. The highest BCUT2D eigenvalue weighted by Crippen LogP contribution is 2.51. The average molecular weight is 534 g/mol. The maximum atomic E-state index is 14.1. The third-order valence-corrected chi connectivity index (χ3v) is 8.19. The number of nitrogens with one attached hydrogen (secondary N) is 1. The zero-order valence-electron chi connectivity index (χ0n) is 23.3. The van der Waals surface area contributed by atoms with Gasteiger partial charge in [-0.25, -0.2) is 0 Å². The molecule has 1 aliphatic heterocycles. The van der Waals surface area contributed by atoms with Gasteiger partial charge in [0.05, 0.1) is 26.9 Å². The van der Waals surface area contributed by atoms with Crippen molar-refractivity contribution in [3.63, 3.8) is 0 Å². The van der Waals surface area contributed by atoms with Crippen molar-refractivity contribution in [2.24, 2.45) is 0 Å². The first-order valence-electron chi connectivity index (χ1n) is 14.1. The smallest absolute Gasteiger partial charge is 0.162 e. The summed E-state index contributed by atoms with van der Waals surface area (Å²) in [5, 5.41) is 6.05. The summed E-state index contributed by atoms with van der Waals surface area (Å²) in [5.41, 5.74) is 6.32. The molecule has 0 radical (unpaired) electrons. The Hall–Kier alpha value is -4.25. The van der Waals surface area contributed by atoms with E-state index in [0.717, 1.165) is 59.6 Å². The van der Waals surface area contributed by atoms with Gasteiger partial charge in [0, 0.05) is 23.2 Å². The highest BCUT2D eigenvalue weighted by Gasteiger charge is 2.38. The molecule has 0 saturated heterocycles. The number of fused-ring (bicyclic) bond motifs is 4. The van der Waals surface area contributed by atoms with Crippen LogP contribution in [0, 0.1) is 0 Å². The predicted octanol–water partition coefficient (Wildman–Crippen LogP) is 8.10. The molecule has 6 rings (SSSR count). The molecule has 0 aromatic heterocycles. The lowest BCUT2D eigenvalue weighted by atomic mass is 9.71. The fraction of sp³-hybridized carbons (Fsp3) is 0.286. The molecular weight excluding hydrogens is 498 g/mol. The van der Waals surface area contributed by atoms with E-state index >= 15 is 0 Å². The number of unbranched alkanes of at least 4 members (excludes halogenated alkanes) is 1. The molecular formula is C35H35NO4. The van der Waals surface area contributed by atoms with E-state index in [1.54, 1.807) is 14.2 Å². The fourth-order valence-corrected chi connectivity index (χ4v) is 6.14. The highest BCUT2D eigenvalue weighted by atomic mass is 16.5. The first-order valence-corrected chi connectivity index (χ1v) is 14.1. The number of Topliss-reactive ketones (excluding diaryl/α,β-unsaturated/α-hetero) is 1. The van der Waals surface area contributed by atoms with Crippen molar-refractivity contribution in [2.45, 2.75) is 44.6 Å². The molecule has 5 nitrogen and oxygen atoms in total. The van der Waals surface area contributed by atoms with Crippen LogP contribution in [0.15, 0.2) is 84.4 Å². The lowest BCUT2D eigenvalue weighted by molar-refractivity contribution is -0.116. The maximum absolute atomic E-state index is 14.1. The predicted molar refractivity (Wildman–Crippen MR) is 161 cm³/mol. The van der Waals surface area contributed by atoms with Crippen LogP contribution in [0.4, 0.5) is 5.69 Å². The van der Waals surface area contributed by atoms with Crippen molar-refractivity contribution in [1.29, 1.82) is 0 Å². The number of ether oxygens (including phenoxy) is 3. The van der Waals surface area contributed by atoms with Crippen molar-refractivity contribution < 1.29 is 19.0 Å². The molecule has 4 aromatic rings. The first-order chi connectivity index (χ1) is 19.6. The molecule has 0 saturated carbocycles. The third kappa shape index (κ3) is 4.70. The van der Waals surface area contributed by atoms with Crippen LogP contribution in [-0.4, -0.2) is 26.6 Å². The van der Waals surface area contributed by atoms with Gasteiger partial charge in [0.25, 0.3) is 0 Å². The van der Waals surface area contributed by atoms with Crippen molar-refractivity contribution in [1.82, 2.24) is 0 Å². The SMILES string of the molecule is CCCCOc1ccc([C@@H]2CC(=O)C3=C(C2)c2c(ccc4ccccc24)N[C@H]3c2ccc(OC)c(OC)c2)cc1. The molecule has 2 aliphatic rings. The van der Waals surface area contributed by atoms with Gasteiger partial charge in [0.15, 0.2) is 17.3 Å². The van der Waals surface area contributed by atoms with E-state index < -0.39 is 0 Å². The second kappa shape index (κ2) is 11.1. The summed E-state index contributed by atoms with van der Waals surface area (Å²) in [4.78, 5) is 14.1. The Kier molecular flexibility index (Phi) is 7.21. The molecule has 204 valence electrons. The van der Waals surface area contributed by atoms with Gasteiger partial charge < -0.3 is 19.5 Å². The van der Waals surface area contributed by atoms with Crippen molar-refractivity contribution >= 4 is 27.8 Å². The monoisotopic (exact) mass is 533 g/mol. The van der Waals surface area contributed by atoms with Crippen molar-refractivity contribution in [3.8, 4) is 17.2 Å². The van der Waals surface area contributed by atoms with E-state index in [0.29, 0.717) is 17.9 Å². The summed E-state index contributed by atoms with van der Waals surface area (Å²) >= 11 is 0. The zero-order valence-corrected chi connectivity index (χ0v) is 23.3. The van der Waals surface area contributed by atoms with Gasteiger partial charge in [-0.15, -0.1) is 0 Å². The summed E-state index contributed by atoms with van der Waals surface area (Å²) in [6.07, 6.45) is 3.41. The first kappa shape index (κ1) is 26.0. The lowest BCUT2D eigenvalue weighted by Gasteiger charge is -2.37. The van der Waals surface area contributed by atoms with Gasteiger partial charge in [-0.3, -0.25) is 4.79 Å². The Bertz CT molecular complexity index is 1590. The minimum atomic E-state index is -0.272. The van der Waals surface area contributed by atoms with Crippen LogP contribution in [-0.2, 0) is 4.79 Å². The molecule has 0 spiro atoms. The molecule has 0 unspecified atom stereocenters. The number of hydrogen-bond acceptors (Lipinski definition) is 5. The van der Waals surface area contributed by atoms with Gasteiger partial charge in [0.1, 0.15) is 5.75 Å². The van der Waals surface area contributed by atoms with Gasteiger partial charge in [-0.05, 0) is 76.6 Å². The van der Waals surface area contributed by atoms with Gasteiger partial charge in [-0.2, -0.15) is 0 Å². The Labute approximate surface area is 235 Å². The summed E-state index contributed by atoms with van der Waals surface area (Å²) in [6.45, 7) is 2.88. The van der Waals surface area contributed by atoms with Gasteiger partial charge in [0.2, 0.25) is 0 Å². The molecule has 2 atom stereocenters. The molecule has 0 amide bonds. The van der Waals surface area contributed by atoms with Gasteiger partial charge >= 0.3 is 0 Å². The second-order valence-corrected chi connectivity index (χ2v) is 10.6. The second-order valence-electron chi connectivity index (χ2n) is 10.6. The minimum Gasteiger partial charge on any atom is -0.494 e. The number of methoxy groups -OCH3 is 2. The van der Waals surface area contributed by atoms with Crippen LogP contribution < -0.4 is 19.5 Å². The molecule has 40 heavy (non-hydrogen) atoms. The normalized spacial score (nSPS) is 18.1. The Morgan fingerprint density at radius 2 is 1.62 bits per heavy atom. The van der Waals surface area contributed by atoms with E-state index in [2.05, 4.69) is 60.8 Å². The van der Waals surface area contributed by atoms with Crippen LogP contribution in [0.1, 0.15) is 61.3 Å². The summed E-state index contributed by atoms with van der Waals surface area (Å²) in [5.74, 6) is 2.48. The van der Waals surface area contributed by atoms with Gasteiger partial charge in [-0.1, -0.05) is 61.9 Å². The summed E-state index contributed by atoms with van der Waals surface area (Å²) in [6, 6.07) is 26.7. The van der Waals surface area contributed by atoms with E-state index in [1.807, 2.05) is 30.3 Å². The molecule has 0 bridgehead atoms. The van der Waals surface area contributed by atoms with Crippen LogP contribution in [0.3, 0.4) is 0 Å². The van der Waals surface area contributed by atoms with Crippen LogP contribution >= 0.6 is 0 Å². The maximum Gasteiger partial charge on any atom is 0.162 e. The number of carbonyl (C=O) groups excluding carboxylic acids is 1. The summed E-state index contributed by atoms with van der Waals surface area (Å²) in [7, 11) is 3.27.